The quantitative estimate of drug-likeness (QED) is 0.258. The Kier molecular flexibility index (Phi) is 5.96. The highest BCUT2D eigenvalue weighted by atomic mass is 16.1. The number of rotatable bonds is 6. The third kappa shape index (κ3) is 4.10. The van der Waals surface area contributed by atoms with E-state index in [0.29, 0.717) is 22.3 Å². The van der Waals surface area contributed by atoms with E-state index in [1.165, 1.54) is 0 Å². The fourth-order valence-electron chi connectivity index (χ4n) is 4.27. The smallest absolute Gasteiger partial charge is 0.194 e. The minimum Gasteiger partial charge on any atom is -0.289 e. The molecule has 0 spiro atoms. The second kappa shape index (κ2) is 9.51. The molecule has 5 aromatic carbocycles. The lowest BCUT2D eigenvalue weighted by Gasteiger charge is -2.19. The Balaban J connectivity index is 1.85. The number of carbonyl (C=O) groups is 2. The molecule has 0 radical (unpaired) electrons. The van der Waals surface area contributed by atoms with Gasteiger partial charge >= 0.3 is 0 Å². The summed E-state index contributed by atoms with van der Waals surface area (Å²) < 4.78 is 0. The summed E-state index contributed by atoms with van der Waals surface area (Å²) in [5.41, 5.74) is 5.48. The average Bonchev–Trinajstić information content (AvgIpc) is 2.93. The topological polar surface area (TPSA) is 34.1 Å². The van der Waals surface area contributed by atoms with Gasteiger partial charge in [0.15, 0.2) is 11.6 Å². The van der Waals surface area contributed by atoms with Gasteiger partial charge in [0.05, 0.1) is 0 Å². The van der Waals surface area contributed by atoms with Crippen LogP contribution in [0.15, 0.2) is 133 Å². The molecule has 0 aliphatic carbocycles. The monoisotopic (exact) mass is 438 g/mol. The molecule has 0 heterocycles. The normalized spacial score (nSPS) is 10.6. The summed E-state index contributed by atoms with van der Waals surface area (Å²) in [6, 6.07) is 41.8. The Hall–Kier alpha value is -4.56. The van der Waals surface area contributed by atoms with Gasteiger partial charge in [-0.3, -0.25) is 9.59 Å². The van der Waals surface area contributed by atoms with Gasteiger partial charge in [-0.1, -0.05) is 127 Å². The first-order valence-electron chi connectivity index (χ1n) is 11.2. The van der Waals surface area contributed by atoms with Gasteiger partial charge in [0, 0.05) is 27.8 Å². The Morgan fingerprint density at radius 2 is 0.853 bits per heavy atom. The first kappa shape index (κ1) is 21.3. The predicted octanol–water partition coefficient (Wildman–Crippen LogP) is 7.48. The van der Waals surface area contributed by atoms with Crippen molar-refractivity contribution in [3.8, 4) is 22.3 Å². The number of hydrogen-bond donors (Lipinski definition) is 0. The van der Waals surface area contributed by atoms with Crippen LogP contribution in [0.25, 0.3) is 22.3 Å². The van der Waals surface area contributed by atoms with E-state index in [0.717, 1.165) is 22.3 Å². The highest BCUT2D eigenvalue weighted by Gasteiger charge is 2.26. The van der Waals surface area contributed by atoms with Crippen molar-refractivity contribution in [2.24, 2.45) is 0 Å². The van der Waals surface area contributed by atoms with Crippen LogP contribution in [0.5, 0.6) is 0 Å². The van der Waals surface area contributed by atoms with Gasteiger partial charge in [-0.2, -0.15) is 0 Å². The van der Waals surface area contributed by atoms with E-state index in [1.54, 1.807) is 30.3 Å². The summed E-state index contributed by atoms with van der Waals surface area (Å²) >= 11 is 0. The van der Waals surface area contributed by atoms with Crippen molar-refractivity contribution < 1.29 is 9.59 Å². The SMILES string of the molecule is O=C(c1ccccc1)c1ccc(-c2ccccc2)c(-c2ccccc2)c1C(=O)c1ccccc1. The van der Waals surface area contributed by atoms with E-state index in [2.05, 4.69) is 0 Å². The summed E-state index contributed by atoms with van der Waals surface area (Å²) in [5.74, 6) is -0.340. The molecule has 162 valence electrons. The van der Waals surface area contributed by atoms with Crippen LogP contribution in [0.3, 0.4) is 0 Å². The van der Waals surface area contributed by atoms with Gasteiger partial charge in [-0.05, 0) is 22.8 Å². The zero-order valence-corrected chi connectivity index (χ0v) is 18.5. The van der Waals surface area contributed by atoms with Crippen molar-refractivity contribution >= 4 is 11.6 Å². The minimum absolute atomic E-state index is 0.170. The summed E-state index contributed by atoms with van der Waals surface area (Å²) in [6.07, 6.45) is 0. The highest BCUT2D eigenvalue weighted by molar-refractivity contribution is 6.23. The molecule has 0 unspecified atom stereocenters. The van der Waals surface area contributed by atoms with Crippen LogP contribution in [-0.2, 0) is 0 Å². The third-order valence-electron chi connectivity index (χ3n) is 5.90. The Labute approximate surface area is 199 Å². The molecule has 34 heavy (non-hydrogen) atoms. The predicted molar refractivity (Wildman–Crippen MR) is 137 cm³/mol. The summed E-state index contributed by atoms with van der Waals surface area (Å²) in [6.45, 7) is 0. The van der Waals surface area contributed by atoms with E-state index in [4.69, 9.17) is 0 Å². The molecule has 2 heteroatoms. The lowest BCUT2D eigenvalue weighted by molar-refractivity contribution is 0.100. The van der Waals surface area contributed by atoms with Crippen LogP contribution in [-0.4, -0.2) is 11.6 Å². The zero-order valence-electron chi connectivity index (χ0n) is 18.5. The van der Waals surface area contributed by atoms with Crippen molar-refractivity contribution in [1.29, 1.82) is 0 Å². The van der Waals surface area contributed by atoms with Crippen molar-refractivity contribution in [2.75, 3.05) is 0 Å². The van der Waals surface area contributed by atoms with Crippen LogP contribution in [0.1, 0.15) is 31.8 Å². The fraction of sp³-hybridized carbons (Fsp3) is 0. The number of benzene rings is 5. The van der Waals surface area contributed by atoms with Crippen LogP contribution in [0.2, 0.25) is 0 Å². The van der Waals surface area contributed by atoms with E-state index >= 15 is 0 Å². The molecule has 0 aromatic heterocycles. The summed E-state index contributed by atoms with van der Waals surface area (Å²) in [5, 5.41) is 0. The maximum atomic E-state index is 14.0. The molecule has 2 nitrogen and oxygen atoms in total. The molecule has 0 N–H and O–H groups in total. The molecule has 0 aliphatic heterocycles. The highest BCUT2D eigenvalue weighted by Crippen LogP contribution is 2.38. The summed E-state index contributed by atoms with van der Waals surface area (Å²) in [4.78, 5) is 27.7. The number of ketones is 2. The van der Waals surface area contributed by atoms with Gasteiger partial charge in [-0.15, -0.1) is 0 Å². The molecular formula is C32H22O2. The Morgan fingerprint density at radius 3 is 1.38 bits per heavy atom. The van der Waals surface area contributed by atoms with Crippen molar-refractivity contribution in [2.45, 2.75) is 0 Å². The van der Waals surface area contributed by atoms with Crippen LogP contribution in [0.4, 0.5) is 0 Å². The molecular weight excluding hydrogens is 416 g/mol. The van der Waals surface area contributed by atoms with Crippen LogP contribution >= 0.6 is 0 Å². The largest absolute Gasteiger partial charge is 0.289 e. The Bertz CT molecular complexity index is 1440. The standard InChI is InChI=1S/C32H22O2/c33-31(25-17-9-3-10-18-25)28-22-21-27(23-13-5-1-6-14-23)29(24-15-7-2-8-16-24)30(28)32(34)26-19-11-4-12-20-26/h1-22H. The Morgan fingerprint density at radius 1 is 0.412 bits per heavy atom. The van der Waals surface area contributed by atoms with E-state index in [9.17, 15) is 9.59 Å². The van der Waals surface area contributed by atoms with Gasteiger partial charge < -0.3 is 0 Å². The molecule has 5 rings (SSSR count). The maximum Gasteiger partial charge on any atom is 0.194 e. The molecule has 0 bridgehead atoms. The molecule has 5 aromatic rings. The molecule has 0 saturated heterocycles. The maximum absolute atomic E-state index is 14.0. The third-order valence-corrected chi connectivity index (χ3v) is 5.90. The lowest BCUT2D eigenvalue weighted by atomic mass is 9.82. The van der Waals surface area contributed by atoms with Crippen molar-refractivity contribution in [3.63, 3.8) is 0 Å². The molecule has 0 amide bonds. The minimum atomic E-state index is -0.170. The van der Waals surface area contributed by atoms with Gasteiger partial charge in [0.25, 0.3) is 0 Å². The first-order chi connectivity index (χ1) is 16.7. The van der Waals surface area contributed by atoms with Crippen molar-refractivity contribution in [1.82, 2.24) is 0 Å². The van der Waals surface area contributed by atoms with Gasteiger partial charge in [-0.25, -0.2) is 0 Å². The van der Waals surface area contributed by atoms with Gasteiger partial charge in [0.1, 0.15) is 0 Å². The van der Waals surface area contributed by atoms with E-state index in [-0.39, 0.29) is 11.6 Å². The molecule has 0 fully saturated rings. The van der Waals surface area contributed by atoms with Crippen LogP contribution < -0.4 is 0 Å². The van der Waals surface area contributed by atoms with E-state index in [1.807, 2.05) is 103 Å². The second-order valence-corrected chi connectivity index (χ2v) is 8.03. The number of hydrogen-bond acceptors (Lipinski definition) is 2. The molecule has 0 aliphatic rings. The lowest BCUT2D eigenvalue weighted by Crippen LogP contribution is -2.14. The summed E-state index contributed by atoms with van der Waals surface area (Å²) in [7, 11) is 0. The van der Waals surface area contributed by atoms with Crippen molar-refractivity contribution in [3.05, 3.63) is 156 Å². The van der Waals surface area contributed by atoms with E-state index < -0.39 is 0 Å². The van der Waals surface area contributed by atoms with Gasteiger partial charge in [0.2, 0.25) is 0 Å². The first-order valence-corrected chi connectivity index (χ1v) is 11.2. The molecule has 0 saturated carbocycles. The second-order valence-electron chi connectivity index (χ2n) is 8.03. The fourth-order valence-corrected chi connectivity index (χ4v) is 4.27. The zero-order chi connectivity index (χ0) is 23.3. The van der Waals surface area contributed by atoms with Crippen LogP contribution in [0, 0.1) is 0 Å². The average molecular weight is 439 g/mol. The molecule has 0 atom stereocenters. The number of carbonyl (C=O) groups excluding carboxylic acids is 2.